The van der Waals surface area contributed by atoms with E-state index in [1.807, 2.05) is 92.7 Å². The predicted molar refractivity (Wildman–Crippen MR) is 140 cm³/mol. The lowest BCUT2D eigenvalue weighted by Crippen LogP contribution is -2.51. The zero-order valence-corrected chi connectivity index (χ0v) is 21.0. The number of aryl methyl sites for hydroxylation is 2. The molecule has 0 fully saturated rings. The molecular weight excluding hydrogens is 436 g/mol. The Hall–Kier alpha value is -3.60. The number of carbonyl (C=O) groups is 2. The van der Waals surface area contributed by atoms with Gasteiger partial charge in [-0.3, -0.25) is 9.59 Å². The van der Waals surface area contributed by atoms with Gasteiger partial charge in [0, 0.05) is 19.5 Å². The largest absolute Gasteiger partial charge is 0.484 e. The molecule has 0 unspecified atom stereocenters. The third-order valence-electron chi connectivity index (χ3n) is 5.95. The van der Waals surface area contributed by atoms with Crippen LogP contribution in [0.15, 0.2) is 78.9 Å². The summed E-state index contributed by atoms with van der Waals surface area (Å²) < 4.78 is 5.85. The predicted octanol–water partition coefficient (Wildman–Crippen LogP) is 5.10. The lowest BCUT2D eigenvalue weighted by molar-refractivity contribution is -0.142. The summed E-state index contributed by atoms with van der Waals surface area (Å²) in [7, 11) is 0. The van der Waals surface area contributed by atoms with Crippen LogP contribution in [0, 0.1) is 6.92 Å². The standard InChI is InChI=1S/C30H36N2O3/c1-4-18-31-30(34)28(20-25-11-7-6-8-12-25)32(21-26-13-9-10-23(3)19-26)29(33)22-35-27-16-14-24(5-2)15-17-27/h6-17,19,28H,4-5,18,20-22H2,1-3H3,(H,31,34)/t28-/m0/s1. The number of carbonyl (C=O) groups excluding carboxylic acids is 2. The van der Waals surface area contributed by atoms with Crippen molar-refractivity contribution in [2.24, 2.45) is 0 Å². The maximum absolute atomic E-state index is 13.6. The Morgan fingerprint density at radius 3 is 2.26 bits per heavy atom. The van der Waals surface area contributed by atoms with Crippen LogP contribution < -0.4 is 10.1 Å². The van der Waals surface area contributed by atoms with Crippen LogP contribution in [-0.2, 0) is 29.0 Å². The summed E-state index contributed by atoms with van der Waals surface area (Å²) in [5.74, 6) is 0.267. The van der Waals surface area contributed by atoms with Crippen molar-refractivity contribution >= 4 is 11.8 Å². The fourth-order valence-electron chi connectivity index (χ4n) is 3.98. The Labute approximate surface area is 209 Å². The maximum Gasteiger partial charge on any atom is 0.261 e. The fraction of sp³-hybridized carbons (Fsp3) is 0.333. The number of benzene rings is 3. The number of amides is 2. The zero-order valence-electron chi connectivity index (χ0n) is 21.0. The molecule has 0 aliphatic rings. The minimum absolute atomic E-state index is 0.135. The molecule has 0 saturated carbocycles. The highest BCUT2D eigenvalue weighted by Crippen LogP contribution is 2.17. The molecule has 1 N–H and O–H groups in total. The average Bonchev–Trinajstić information content (AvgIpc) is 2.88. The van der Waals surface area contributed by atoms with Gasteiger partial charge in [-0.2, -0.15) is 0 Å². The van der Waals surface area contributed by atoms with Crippen molar-refractivity contribution in [1.29, 1.82) is 0 Å². The Balaban J connectivity index is 1.87. The molecule has 0 aromatic heterocycles. The van der Waals surface area contributed by atoms with E-state index in [9.17, 15) is 9.59 Å². The summed E-state index contributed by atoms with van der Waals surface area (Å²) in [5, 5.41) is 3.00. The lowest BCUT2D eigenvalue weighted by Gasteiger charge is -2.31. The molecule has 3 aromatic carbocycles. The molecule has 5 nitrogen and oxygen atoms in total. The van der Waals surface area contributed by atoms with Crippen LogP contribution in [0.2, 0.25) is 0 Å². The van der Waals surface area contributed by atoms with Gasteiger partial charge in [-0.1, -0.05) is 86.1 Å². The number of ether oxygens (including phenoxy) is 1. The molecule has 3 rings (SSSR count). The number of rotatable bonds is 12. The zero-order chi connectivity index (χ0) is 25.0. The van der Waals surface area contributed by atoms with Crippen LogP contribution >= 0.6 is 0 Å². The van der Waals surface area contributed by atoms with Crippen molar-refractivity contribution in [1.82, 2.24) is 10.2 Å². The SMILES string of the molecule is CCCNC(=O)[C@H](Cc1ccccc1)N(Cc1cccc(C)c1)C(=O)COc1ccc(CC)cc1. The highest BCUT2D eigenvalue weighted by Gasteiger charge is 2.30. The van der Waals surface area contributed by atoms with Crippen molar-refractivity contribution in [3.8, 4) is 5.75 Å². The van der Waals surface area contributed by atoms with E-state index >= 15 is 0 Å². The molecule has 0 spiro atoms. The third-order valence-corrected chi connectivity index (χ3v) is 5.95. The Morgan fingerprint density at radius 1 is 0.886 bits per heavy atom. The topological polar surface area (TPSA) is 58.6 Å². The average molecular weight is 473 g/mol. The van der Waals surface area contributed by atoms with E-state index in [-0.39, 0.29) is 18.4 Å². The van der Waals surface area contributed by atoms with Crippen molar-refractivity contribution in [2.45, 2.75) is 52.6 Å². The first kappa shape index (κ1) is 26.0. The van der Waals surface area contributed by atoms with Crippen molar-refractivity contribution in [2.75, 3.05) is 13.2 Å². The minimum Gasteiger partial charge on any atom is -0.484 e. The van der Waals surface area contributed by atoms with Gasteiger partial charge < -0.3 is 15.0 Å². The monoisotopic (exact) mass is 472 g/mol. The van der Waals surface area contributed by atoms with Crippen LogP contribution in [-0.4, -0.2) is 35.9 Å². The molecule has 5 heteroatoms. The molecule has 35 heavy (non-hydrogen) atoms. The van der Waals surface area contributed by atoms with Gasteiger partial charge >= 0.3 is 0 Å². The van der Waals surface area contributed by atoms with Gasteiger partial charge in [0.05, 0.1) is 0 Å². The molecule has 0 bridgehead atoms. The van der Waals surface area contributed by atoms with Gasteiger partial charge in [0.1, 0.15) is 11.8 Å². The molecule has 3 aromatic rings. The van der Waals surface area contributed by atoms with E-state index in [4.69, 9.17) is 4.74 Å². The van der Waals surface area contributed by atoms with E-state index in [0.29, 0.717) is 25.3 Å². The molecule has 2 amide bonds. The highest BCUT2D eigenvalue weighted by atomic mass is 16.5. The van der Waals surface area contributed by atoms with Crippen LogP contribution in [0.25, 0.3) is 0 Å². The fourth-order valence-corrected chi connectivity index (χ4v) is 3.98. The van der Waals surface area contributed by atoms with Gasteiger partial charge in [0.25, 0.3) is 5.91 Å². The first-order valence-electron chi connectivity index (χ1n) is 12.4. The quantitative estimate of drug-likeness (QED) is 0.399. The second-order valence-corrected chi connectivity index (χ2v) is 8.79. The molecule has 0 aliphatic carbocycles. The lowest BCUT2D eigenvalue weighted by atomic mass is 10.0. The van der Waals surface area contributed by atoms with Crippen LogP contribution in [0.4, 0.5) is 0 Å². The number of nitrogens with one attached hydrogen (secondary N) is 1. The second-order valence-electron chi connectivity index (χ2n) is 8.79. The third kappa shape index (κ3) is 7.99. The Kier molecular flexibility index (Phi) is 9.91. The molecular formula is C30H36N2O3. The van der Waals surface area contributed by atoms with Crippen LogP contribution in [0.1, 0.15) is 42.5 Å². The van der Waals surface area contributed by atoms with E-state index in [1.165, 1.54) is 5.56 Å². The van der Waals surface area contributed by atoms with Gasteiger partial charge in [0.15, 0.2) is 6.61 Å². The number of hydrogen-bond acceptors (Lipinski definition) is 3. The summed E-state index contributed by atoms with van der Waals surface area (Å²) >= 11 is 0. The molecule has 0 saturated heterocycles. The van der Waals surface area contributed by atoms with Gasteiger partial charge in [-0.25, -0.2) is 0 Å². The van der Waals surface area contributed by atoms with Crippen molar-refractivity contribution in [3.63, 3.8) is 0 Å². The smallest absolute Gasteiger partial charge is 0.261 e. The Bertz CT molecular complexity index is 1080. The van der Waals surface area contributed by atoms with E-state index in [1.54, 1.807) is 4.90 Å². The van der Waals surface area contributed by atoms with Crippen molar-refractivity contribution in [3.05, 3.63) is 101 Å². The summed E-state index contributed by atoms with van der Waals surface area (Å²) in [6.45, 7) is 6.89. The van der Waals surface area contributed by atoms with E-state index in [0.717, 1.165) is 29.5 Å². The molecule has 0 heterocycles. The Morgan fingerprint density at radius 2 is 1.60 bits per heavy atom. The summed E-state index contributed by atoms with van der Waals surface area (Å²) in [6.07, 6.45) is 2.20. The molecule has 1 atom stereocenters. The summed E-state index contributed by atoms with van der Waals surface area (Å²) in [5.41, 5.74) is 4.30. The normalized spacial score (nSPS) is 11.5. The van der Waals surface area contributed by atoms with Gasteiger partial charge in [-0.15, -0.1) is 0 Å². The highest BCUT2D eigenvalue weighted by molar-refractivity contribution is 5.88. The van der Waals surface area contributed by atoms with Gasteiger partial charge in [0.2, 0.25) is 5.91 Å². The molecule has 0 radical (unpaired) electrons. The van der Waals surface area contributed by atoms with Crippen LogP contribution in [0.3, 0.4) is 0 Å². The summed E-state index contributed by atoms with van der Waals surface area (Å²) in [4.78, 5) is 28.5. The minimum atomic E-state index is -0.650. The first-order valence-corrected chi connectivity index (χ1v) is 12.4. The molecule has 184 valence electrons. The second kappa shape index (κ2) is 13.3. The van der Waals surface area contributed by atoms with E-state index in [2.05, 4.69) is 12.2 Å². The van der Waals surface area contributed by atoms with Crippen molar-refractivity contribution < 1.29 is 14.3 Å². The van der Waals surface area contributed by atoms with Crippen LogP contribution in [0.5, 0.6) is 5.75 Å². The maximum atomic E-state index is 13.6. The first-order chi connectivity index (χ1) is 17.0. The number of nitrogens with zero attached hydrogens (tertiary/aromatic N) is 1. The molecule has 0 aliphatic heterocycles. The van der Waals surface area contributed by atoms with E-state index < -0.39 is 6.04 Å². The summed E-state index contributed by atoms with van der Waals surface area (Å²) in [6, 6.07) is 25.0. The van der Waals surface area contributed by atoms with Gasteiger partial charge in [-0.05, 0) is 48.6 Å². The number of hydrogen-bond donors (Lipinski definition) is 1.